The molecular formula is C23H30Cl2N2O2. The number of aliphatic hydroxyl groups is 1. The standard InChI is InChI=1S/C19H22Cl2N2O.C4H8O/c20-16-7-6-14(12-17(16)21)18(13-22)23-10-8-19(24,9-11-23)15-4-2-1-3-5-15;1-2-4-5-3-1/h1-7,12,18,24H,8-11,13,22H2;1-4H2. The molecule has 6 heteroatoms. The number of piperidine rings is 1. The Morgan fingerprint density at radius 3 is 2.17 bits per heavy atom. The van der Waals surface area contributed by atoms with E-state index in [1.807, 2.05) is 48.5 Å². The maximum absolute atomic E-state index is 11.0. The molecule has 2 fully saturated rings. The van der Waals surface area contributed by atoms with Crippen LogP contribution in [0.1, 0.15) is 42.9 Å². The van der Waals surface area contributed by atoms with Gasteiger partial charge in [-0.25, -0.2) is 0 Å². The van der Waals surface area contributed by atoms with Crippen molar-refractivity contribution in [2.45, 2.75) is 37.3 Å². The third-order valence-electron chi connectivity index (χ3n) is 5.76. The minimum absolute atomic E-state index is 0.0834. The maximum atomic E-state index is 11.0. The molecule has 3 N–H and O–H groups in total. The summed E-state index contributed by atoms with van der Waals surface area (Å²) in [6.45, 7) is 4.07. The SMILES string of the molecule is C1CCOC1.NCC(c1ccc(Cl)c(Cl)c1)N1CCC(O)(c2ccccc2)CC1. The van der Waals surface area contributed by atoms with Gasteiger partial charge in [0.1, 0.15) is 0 Å². The summed E-state index contributed by atoms with van der Waals surface area (Å²) in [6.07, 6.45) is 3.93. The Morgan fingerprint density at radius 1 is 1.00 bits per heavy atom. The number of nitrogens with zero attached hydrogens (tertiary/aromatic N) is 1. The summed E-state index contributed by atoms with van der Waals surface area (Å²) in [5, 5.41) is 12.1. The van der Waals surface area contributed by atoms with E-state index < -0.39 is 5.60 Å². The van der Waals surface area contributed by atoms with E-state index >= 15 is 0 Å². The Kier molecular flexibility index (Phi) is 8.36. The Hall–Kier alpha value is -1.14. The third kappa shape index (κ3) is 5.94. The van der Waals surface area contributed by atoms with Crippen LogP contribution in [-0.2, 0) is 10.3 Å². The largest absolute Gasteiger partial charge is 0.385 e. The molecule has 2 saturated heterocycles. The molecule has 2 aliphatic rings. The van der Waals surface area contributed by atoms with E-state index in [2.05, 4.69) is 4.90 Å². The smallest absolute Gasteiger partial charge is 0.0920 e. The van der Waals surface area contributed by atoms with Crippen molar-refractivity contribution < 1.29 is 9.84 Å². The Balaban J connectivity index is 0.000000419. The van der Waals surface area contributed by atoms with Gasteiger partial charge in [0.15, 0.2) is 0 Å². The van der Waals surface area contributed by atoms with Crippen molar-refractivity contribution in [2.24, 2.45) is 5.73 Å². The van der Waals surface area contributed by atoms with Crippen LogP contribution >= 0.6 is 23.2 Å². The number of ether oxygens (including phenoxy) is 1. The summed E-state index contributed by atoms with van der Waals surface area (Å²) in [5.74, 6) is 0. The molecule has 0 aromatic heterocycles. The van der Waals surface area contributed by atoms with Gasteiger partial charge in [0.2, 0.25) is 0 Å². The zero-order chi connectivity index (χ0) is 20.7. The van der Waals surface area contributed by atoms with E-state index in [0.717, 1.165) is 37.4 Å². The van der Waals surface area contributed by atoms with Crippen LogP contribution in [0.25, 0.3) is 0 Å². The number of likely N-dealkylation sites (tertiary alicyclic amines) is 1. The molecule has 0 radical (unpaired) electrons. The van der Waals surface area contributed by atoms with Crippen molar-refractivity contribution in [1.82, 2.24) is 4.90 Å². The molecule has 4 nitrogen and oxygen atoms in total. The number of hydrogen-bond acceptors (Lipinski definition) is 4. The van der Waals surface area contributed by atoms with Gasteiger partial charge in [0.05, 0.1) is 15.6 Å². The van der Waals surface area contributed by atoms with E-state index in [1.54, 1.807) is 0 Å². The van der Waals surface area contributed by atoms with Gasteiger partial charge in [-0.3, -0.25) is 4.90 Å². The Morgan fingerprint density at radius 2 is 1.66 bits per heavy atom. The van der Waals surface area contributed by atoms with E-state index in [-0.39, 0.29) is 6.04 Å². The summed E-state index contributed by atoms with van der Waals surface area (Å²) >= 11 is 12.2. The first-order chi connectivity index (χ1) is 14.0. The molecule has 2 aromatic carbocycles. The minimum Gasteiger partial charge on any atom is -0.385 e. The zero-order valence-corrected chi connectivity index (χ0v) is 18.2. The molecule has 1 atom stereocenters. The van der Waals surface area contributed by atoms with E-state index in [9.17, 15) is 5.11 Å². The summed E-state index contributed by atoms with van der Waals surface area (Å²) in [6, 6.07) is 15.7. The van der Waals surface area contributed by atoms with Crippen LogP contribution < -0.4 is 5.73 Å². The lowest BCUT2D eigenvalue weighted by Crippen LogP contribution is -2.45. The average molecular weight is 437 g/mol. The lowest BCUT2D eigenvalue weighted by atomic mass is 9.83. The fourth-order valence-electron chi connectivity index (χ4n) is 3.97. The van der Waals surface area contributed by atoms with Crippen LogP contribution in [0.2, 0.25) is 10.0 Å². The number of nitrogens with two attached hydrogens (primary N) is 1. The molecule has 0 spiro atoms. The fourth-order valence-corrected chi connectivity index (χ4v) is 4.28. The van der Waals surface area contributed by atoms with Crippen LogP contribution in [0.3, 0.4) is 0 Å². The lowest BCUT2D eigenvalue weighted by Gasteiger charge is -2.42. The molecule has 29 heavy (non-hydrogen) atoms. The molecule has 2 aromatic rings. The van der Waals surface area contributed by atoms with Gasteiger partial charge < -0.3 is 15.6 Å². The Labute approximate surface area is 183 Å². The summed E-state index contributed by atoms with van der Waals surface area (Å²) in [5.41, 5.74) is 7.32. The lowest BCUT2D eigenvalue weighted by molar-refractivity contribution is -0.0353. The molecule has 1 unspecified atom stereocenters. The van der Waals surface area contributed by atoms with Gasteiger partial charge in [0.25, 0.3) is 0 Å². The molecule has 0 saturated carbocycles. The summed E-state index contributed by atoms with van der Waals surface area (Å²) in [4.78, 5) is 2.32. The van der Waals surface area contributed by atoms with Crippen LogP contribution in [0.4, 0.5) is 0 Å². The normalized spacial score (nSPS) is 20.0. The number of benzene rings is 2. The van der Waals surface area contributed by atoms with E-state index in [4.69, 9.17) is 33.7 Å². The quantitative estimate of drug-likeness (QED) is 0.723. The van der Waals surface area contributed by atoms with E-state index in [0.29, 0.717) is 29.4 Å². The van der Waals surface area contributed by atoms with Gasteiger partial charge in [-0.1, -0.05) is 59.6 Å². The van der Waals surface area contributed by atoms with Crippen LogP contribution in [0.5, 0.6) is 0 Å². The molecule has 158 valence electrons. The van der Waals surface area contributed by atoms with Gasteiger partial charge in [-0.05, 0) is 48.9 Å². The highest BCUT2D eigenvalue weighted by Gasteiger charge is 2.36. The van der Waals surface area contributed by atoms with Gasteiger partial charge in [-0.2, -0.15) is 0 Å². The molecule has 2 aliphatic heterocycles. The van der Waals surface area contributed by atoms with Gasteiger partial charge in [0, 0.05) is 38.9 Å². The third-order valence-corrected chi connectivity index (χ3v) is 6.50. The van der Waals surface area contributed by atoms with Crippen molar-refractivity contribution in [1.29, 1.82) is 0 Å². The number of rotatable bonds is 4. The van der Waals surface area contributed by atoms with Gasteiger partial charge in [-0.15, -0.1) is 0 Å². The highest BCUT2D eigenvalue weighted by atomic mass is 35.5. The fraction of sp³-hybridized carbons (Fsp3) is 0.478. The average Bonchev–Trinajstić information content (AvgIpc) is 3.34. The zero-order valence-electron chi connectivity index (χ0n) is 16.7. The highest BCUT2D eigenvalue weighted by Crippen LogP contribution is 2.36. The first-order valence-electron chi connectivity index (χ1n) is 10.3. The second-order valence-corrected chi connectivity index (χ2v) is 8.49. The van der Waals surface area contributed by atoms with Crippen molar-refractivity contribution in [3.63, 3.8) is 0 Å². The Bertz CT molecular complexity index is 753. The minimum atomic E-state index is -0.755. The number of hydrogen-bond donors (Lipinski definition) is 2. The molecular weight excluding hydrogens is 407 g/mol. The summed E-state index contributed by atoms with van der Waals surface area (Å²) in [7, 11) is 0. The molecule has 4 rings (SSSR count). The molecule has 2 heterocycles. The van der Waals surface area contributed by atoms with Crippen molar-refractivity contribution >= 4 is 23.2 Å². The number of halogens is 2. The maximum Gasteiger partial charge on any atom is 0.0920 e. The van der Waals surface area contributed by atoms with Gasteiger partial charge >= 0.3 is 0 Å². The second kappa shape index (κ2) is 10.8. The van der Waals surface area contributed by atoms with Crippen LogP contribution in [-0.4, -0.2) is 42.9 Å². The van der Waals surface area contributed by atoms with Crippen molar-refractivity contribution in [3.05, 3.63) is 69.7 Å². The predicted molar refractivity (Wildman–Crippen MR) is 119 cm³/mol. The molecule has 0 amide bonds. The monoisotopic (exact) mass is 436 g/mol. The second-order valence-electron chi connectivity index (χ2n) is 7.68. The van der Waals surface area contributed by atoms with Crippen molar-refractivity contribution in [2.75, 3.05) is 32.8 Å². The summed E-state index contributed by atoms with van der Waals surface area (Å²) < 4.78 is 4.94. The van der Waals surface area contributed by atoms with Crippen molar-refractivity contribution in [3.8, 4) is 0 Å². The molecule has 0 aliphatic carbocycles. The first kappa shape index (κ1) is 22.5. The van der Waals surface area contributed by atoms with Crippen LogP contribution in [0, 0.1) is 0 Å². The first-order valence-corrected chi connectivity index (χ1v) is 11.0. The van der Waals surface area contributed by atoms with E-state index in [1.165, 1.54) is 12.8 Å². The highest BCUT2D eigenvalue weighted by molar-refractivity contribution is 6.42. The molecule has 0 bridgehead atoms. The predicted octanol–water partition coefficient (Wildman–Crippen LogP) is 4.77. The van der Waals surface area contributed by atoms with Crippen LogP contribution in [0.15, 0.2) is 48.5 Å². The topological polar surface area (TPSA) is 58.7 Å².